The van der Waals surface area contributed by atoms with Gasteiger partial charge in [-0.05, 0) is 71.0 Å². The molecule has 0 aromatic heterocycles. The quantitative estimate of drug-likeness (QED) is 0.212. The highest BCUT2D eigenvalue weighted by Gasteiger charge is 2.07. The van der Waals surface area contributed by atoms with E-state index in [9.17, 15) is 0 Å². The Morgan fingerprint density at radius 1 is 0.588 bits per heavy atom. The summed E-state index contributed by atoms with van der Waals surface area (Å²) < 4.78 is 11.8. The van der Waals surface area contributed by atoms with Gasteiger partial charge >= 0.3 is 0 Å². The first-order valence-corrected chi connectivity index (χ1v) is 13.0. The van der Waals surface area contributed by atoms with Gasteiger partial charge in [0.1, 0.15) is 11.5 Å². The normalized spacial score (nSPS) is 10.8. The second-order valence-electron chi connectivity index (χ2n) is 8.87. The molecule has 34 heavy (non-hydrogen) atoms. The molecule has 0 N–H and O–H groups in total. The average Bonchev–Trinajstić information content (AvgIpc) is 2.89. The molecule has 2 nitrogen and oxygen atoms in total. The largest absolute Gasteiger partial charge is 0.494 e. The number of hydrogen-bond donors (Lipinski definition) is 0. The predicted molar refractivity (Wildman–Crippen MR) is 147 cm³/mol. The van der Waals surface area contributed by atoms with Crippen molar-refractivity contribution in [1.29, 1.82) is 0 Å². The third kappa shape index (κ3) is 7.80. The van der Waals surface area contributed by atoms with Gasteiger partial charge in [-0.25, -0.2) is 0 Å². The minimum absolute atomic E-state index is 0.786. The van der Waals surface area contributed by atoms with E-state index in [2.05, 4.69) is 87.2 Å². The first-order chi connectivity index (χ1) is 16.7. The SMILES string of the molecule is C=Cc1cc(-c2ccc(OCCCCCC)cc2)ccc1-c1ccc(OCCCCCC)cc1. The van der Waals surface area contributed by atoms with E-state index in [-0.39, 0.29) is 0 Å². The minimum Gasteiger partial charge on any atom is -0.494 e. The molecule has 0 aliphatic carbocycles. The highest BCUT2D eigenvalue weighted by atomic mass is 16.5. The maximum absolute atomic E-state index is 5.90. The van der Waals surface area contributed by atoms with Gasteiger partial charge in [0.25, 0.3) is 0 Å². The van der Waals surface area contributed by atoms with Crippen LogP contribution in [0.2, 0.25) is 0 Å². The molecule has 0 saturated carbocycles. The van der Waals surface area contributed by atoms with Crippen LogP contribution >= 0.6 is 0 Å². The van der Waals surface area contributed by atoms with Gasteiger partial charge in [0.05, 0.1) is 13.2 Å². The molecule has 0 spiro atoms. The summed E-state index contributed by atoms with van der Waals surface area (Å²) in [4.78, 5) is 0. The van der Waals surface area contributed by atoms with E-state index < -0.39 is 0 Å². The molecule has 3 aromatic carbocycles. The number of unbranched alkanes of at least 4 members (excludes halogenated alkanes) is 6. The second-order valence-corrected chi connectivity index (χ2v) is 8.87. The molecule has 3 rings (SSSR count). The molecule has 0 unspecified atom stereocenters. The van der Waals surface area contributed by atoms with Crippen molar-refractivity contribution in [2.75, 3.05) is 13.2 Å². The smallest absolute Gasteiger partial charge is 0.119 e. The highest BCUT2D eigenvalue weighted by molar-refractivity contribution is 5.79. The van der Waals surface area contributed by atoms with Crippen LogP contribution < -0.4 is 9.47 Å². The number of hydrogen-bond acceptors (Lipinski definition) is 2. The summed E-state index contributed by atoms with van der Waals surface area (Å²) in [5.74, 6) is 1.87. The molecule has 0 amide bonds. The Bertz CT molecular complexity index is 987. The summed E-state index contributed by atoms with van der Waals surface area (Å²) in [7, 11) is 0. The average molecular weight is 457 g/mol. The van der Waals surface area contributed by atoms with Crippen molar-refractivity contribution >= 4 is 6.08 Å². The molecule has 0 fully saturated rings. The Kier molecular flexibility index (Phi) is 10.8. The first-order valence-electron chi connectivity index (χ1n) is 13.0. The molecule has 0 aliphatic heterocycles. The van der Waals surface area contributed by atoms with Crippen LogP contribution in [-0.2, 0) is 0 Å². The molecule has 0 saturated heterocycles. The lowest BCUT2D eigenvalue weighted by molar-refractivity contribution is 0.305. The Balaban J connectivity index is 1.62. The van der Waals surface area contributed by atoms with E-state index in [4.69, 9.17) is 9.47 Å². The van der Waals surface area contributed by atoms with Crippen LogP contribution in [0.4, 0.5) is 0 Å². The molecule has 0 atom stereocenters. The maximum atomic E-state index is 5.90. The van der Waals surface area contributed by atoms with Crippen molar-refractivity contribution < 1.29 is 9.47 Å². The van der Waals surface area contributed by atoms with Gasteiger partial charge in [0.2, 0.25) is 0 Å². The standard InChI is InChI=1S/C32H40O2/c1-4-7-9-11-23-33-30-18-13-27(14-19-30)29-17-22-32(26(6-3)25-29)28-15-20-31(21-16-28)34-24-12-10-8-5-2/h6,13-22,25H,3-5,7-12,23-24H2,1-2H3. The zero-order valence-electron chi connectivity index (χ0n) is 21.0. The van der Waals surface area contributed by atoms with Crippen LogP contribution in [0.3, 0.4) is 0 Å². The maximum Gasteiger partial charge on any atom is 0.119 e. The van der Waals surface area contributed by atoms with Crippen LogP contribution in [0.15, 0.2) is 73.3 Å². The Morgan fingerprint density at radius 3 is 1.59 bits per heavy atom. The van der Waals surface area contributed by atoms with Crippen molar-refractivity contribution in [3.63, 3.8) is 0 Å². The van der Waals surface area contributed by atoms with Gasteiger partial charge in [0, 0.05) is 0 Å². The third-order valence-electron chi connectivity index (χ3n) is 6.16. The molecule has 3 aromatic rings. The summed E-state index contributed by atoms with van der Waals surface area (Å²) in [6, 6.07) is 23.4. The number of benzene rings is 3. The van der Waals surface area contributed by atoms with Gasteiger partial charge in [-0.15, -0.1) is 0 Å². The minimum atomic E-state index is 0.786. The topological polar surface area (TPSA) is 18.5 Å². The molecule has 180 valence electrons. The molecular weight excluding hydrogens is 416 g/mol. The first kappa shape index (κ1) is 25.6. The number of ether oxygens (including phenoxy) is 2. The van der Waals surface area contributed by atoms with E-state index in [0.717, 1.165) is 43.1 Å². The van der Waals surface area contributed by atoms with Crippen LogP contribution in [0.5, 0.6) is 11.5 Å². The summed E-state index contributed by atoms with van der Waals surface area (Å²) in [6.45, 7) is 10.1. The zero-order chi connectivity index (χ0) is 24.0. The van der Waals surface area contributed by atoms with Crippen molar-refractivity contribution in [2.45, 2.75) is 65.2 Å². The van der Waals surface area contributed by atoms with E-state index in [1.54, 1.807) is 0 Å². The fraction of sp³-hybridized carbons (Fsp3) is 0.375. The van der Waals surface area contributed by atoms with E-state index in [1.807, 2.05) is 6.08 Å². The Labute approximate surface area is 206 Å². The highest BCUT2D eigenvalue weighted by Crippen LogP contribution is 2.31. The fourth-order valence-electron chi connectivity index (χ4n) is 4.09. The van der Waals surface area contributed by atoms with Crippen LogP contribution in [-0.4, -0.2) is 13.2 Å². The van der Waals surface area contributed by atoms with Crippen molar-refractivity contribution in [1.82, 2.24) is 0 Å². The van der Waals surface area contributed by atoms with Gasteiger partial charge in [0.15, 0.2) is 0 Å². The zero-order valence-corrected chi connectivity index (χ0v) is 21.0. The Hall–Kier alpha value is -3.00. The lowest BCUT2D eigenvalue weighted by Crippen LogP contribution is -1.97. The van der Waals surface area contributed by atoms with Gasteiger partial charge < -0.3 is 9.47 Å². The summed E-state index contributed by atoms with van der Waals surface area (Å²) in [5.41, 5.74) is 5.84. The molecule has 0 bridgehead atoms. The van der Waals surface area contributed by atoms with Crippen LogP contribution in [0, 0.1) is 0 Å². The summed E-state index contributed by atoms with van der Waals surface area (Å²) in [5, 5.41) is 0. The van der Waals surface area contributed by atoms with E-state index in [1.165, 1.54) is 60.8 Å². The molecule has 2 heteroatoms. The molecule has 0 heterocycles. The number of rotatable bonds is 15. The lowest BCUT2D eigenvalue weighted by Gasteiger charge is -2.12. The molecular formula is C32H40O2. The van der Waals surface area contributed by atoms with Crippen LogP contribution in [0.25, 0.3) is 28.3 Å². The summed E-state index contributed by atoms with van der Waals surface area (Å²) >= 11 is 0. The van der Waals surface area contributed by atoms with Crippen molar-refractivity contribution in [3.05, 3.63) is 78.9 Å². The van der Waals surface area contributed by atoms with E-state index in [0.29, 0.717) is 0 Å². The van der Waals surface area contributed by atoms with Crippen molar-refractivity contribution in [3.8, 4) is 33.8 Å². The molecule has 0 aliphatic rings. The van der Waals surface area contributed by atoms with E-state index >= 15 is 0 Å². The third-order valence-corrected chi connectivity index (χ3v) is 6.16. The van der Waals surface area contributed by atoms with Crippen LogP contribution in [0.1, 0.15) is 70.8 Å². The fourth-order valence-corrected chi connectivity index (χ4v) is 4.09. The second kappa shape index (κ2) is 14.3. The lowest BCUT2D eigenvalue weighted by atomic mass is 9.95. The monoisotopic (exact) mass is 456 g/mol. The van der Waals surface area contributed by atoms with Crippen molar-refractivity contribution in [2.24, 2.45) is 0 Å². The summed E-state index contributed by atoms with van der Waals surface area (Å²) in [6.07, 6.45) is 11.7. The molecule has 0 radical (unpaired) electrons. The Morgan fingerprint density at radius 2 is 1.09 bits per heavy atom. The van der Waals surface area contributed by atoms with Gasteiger partial charge in [-0.3, -0.25) is 0 Å². The van der Waals surface area contributed by atoms with Gasteiger partial charge in [-0.1, -0.05) is 101 Å². The van der Waals surface area contributed by atoms with Gasteiger partial charge in [-0.2, -0.15) is 0 Å². The predicted octanol–water partition coefficient (Wildman–Crippen LogP) is 9.58.